The number of rotatable bonds is 5. The zero-order chi connectivity index (χ0) is 25.1. The molecule has 1 aliphatic carbocycles. The molecule has 2 fully saturated rings. The number of nitrogens with two attached hydrogens (primary N) is 1. The highest BCUT2D eigenvalue weighted by atomic mass is 35.5. The maximum Gasteiger partial charge on any atom is 0.250 e. The van der Waals surface area contributed by atoms with E-state index in [4.69, 9.17) is 27.8 Å². The fraction of sp³-hybridized carbons (Fsp3) is 0.308. The van der Waals surface area contributed by atoms with E-state index >= 15 is 0 Å². The monoisotopic (exact) mass is 490 g/mol. The molecule has 2 aliphatic rings. The van der Waals surface area contributed by atoms with Crippen LogP contribution in [0.15, 0.2) is 47.8 Å². The molecule has 3 heterocycles. The van der Waals surface area contributed by atoms with Crippen LogP contribution in [0.1, 0.15) is 30.1 Å². The van der Waals surface area contributed by atoms with Crippen molar-refractivity contribution in [3.63, 3.8) is 0 Å². The minimum Gasteiger partial charge on any atom is -0.398 e. The molecule has 3 aromatic rings. The summed E-state index contributed by atoms with van der Waals surface area (Å²) >= 11 is 6.68. The summed E-state index contributed by atoms with van der Waals surface area (Å²) < 4.78 is 3.57. The number of anilines is 1. The highest BCUT2D eigenvalue weighted by Gasteiger charge is 2.54. The van der Waals surface area contributed by atoms with Crippen LogP contribution >= 0.6 is 11.6 Å². The number of nitrogens with zero attached hydrogens (tertiary/aromatic N) is 4. The van der Waals surface area contributed by atoms with E-state index in [0.29, 0.717) is 33.2 Å². The normalized spacial score (nSPS) is 16.6. The van der Waals surface area contributed by atoms with Gasteiger partial charge in [0.1, 0.15) is 5.69 Å². The van der Waals surface area contributed by atoms with Gasteiger partial charge in [0.15, 0.2) is 0 Å². The summed E-state index contributed by atoms with van der Waals surface area (Å²) in [6.07, 6.45) is 4.38. The first kappa shape index (κ1) is 23.1. The van der Waals surface area contributed by atoms with Crippen molar-refractivity contribution in [3.05, 3.63) is 69.6 Å². The van der Waals surface area contributed by atoms with Crippen LogP contribution in [-0.2, 0) is 11.8 Å². The molecule has 8 nitrogen and oxygen atoms in total. The molecule has 1 aromatic carbocycles. The summed E-state index contributed by atoms with van der Waals surface area (Å²) in [6, 6.07) is 8.65. The fourth-order valence-corrected chi connectivity index (χ4v) is 5.85. The third kappa shape index (κ3) is 3.51. The fourth-order valence-electron chi connectivity index (χ4n) is 5.59. The maximum atomic E-state index is 12.4. The Bertz CT molecular complexity index is 1440. The van der Waals surface area contributed by atoms with Gasteiger partial charge in [-0.25, -0.2) is 0 Å². The average molecular weight is 491 g/mol. The highest BCUT2D eigenvalue weighted by Crippen LogP contribution is 2.55. The van der Waals surface area contributed by atoms with Gasteiger partial charge >= 0.3 is 0 Å². The molecule has 3 N–H and O–H groups in total. The molecule has 2 aromatic heterocycles. The van der Waals surface area contributed by atoms with E-state index < -0.39 is 0 Å². The van der Waals surface area contributed by atoms with Crippen LogP contribution in [0.4, 0.5) is 5.69 Å². The molecule has 180 valence electrons. The number of hydrogen-bond acceptors (Lipinski definition) is 5. The molecule has 1 spiro atoms. The zero-order valence-electron chi connectivity index (χ0n) is 19.7. The molecule has 0 bridgehead atoms. The van der Waals surface area contributed by atoms with Gasteiger partial charge in [-0.05, 0) is 44.0 Å². The molecule has 1 saturated carbocycles. The van der Waals surface area contributed by atoms with E-state index in [-0.39, 0.29) is 22.9 Å². The molecule has 0 unspecified atom stereocenters. The van der Waals surface area contributed by atoms with E-state index in [0.717, 1.165) is 37.2 Å². The van der Waals surface area contributed by atoms with Crippen molar-refractivity contribution >= 4 is 29.4 Å². The standard InChI is InChI=1S/C26H27ClN6O2/c1-4-21(34)32-13-26(14-32)10-16(11-26)33-15(2)23(24-17(12-28)19(29)9-8-18(24)27)25(30-33)20-6-5-7-22(35)31(20)3/h4-9,12,16,28H,1,10-11,13-14,29H2,2-3H3. The van der Waals surface area contributed by atoms with Crippen molar-refractivity contribution in [2.75, 3.05) is 18.8 Å². The van der Waals surface area contributed by atoms with Gasteiger partial charge in [-0.1, -0.05) is 24.2 Å². The molecular formula is C26H27ClN6O2. The third-order valence-corrected chi connectivity index (χ3v) is 7.74. The first-order valence-electron chi connectivity index (χ1n) is 11.5. The molecule has 0 atom stereocenters. The summed E-state index contributed by atoms with van der Waals surface area (Å²) in [5, 5.41) is 13.5. The second-order valence-corrected chi connectivity index (χ2v) is 10.00. The number of nitrogen functional groups attached to an aromatic ring is 1. The third-order valence-electron chi connectivity index (χ3n) is 7.42. The Hall–Kier alpha value is -3.65. The molecule has 5 rings (SSSR count). The smallest absolute Gasteiger partial charge is 0.250 e. The van der Waals surface area contributed by atoms with Gasteiger partial charge in [0.05, 0.1) is 11.7 Å². The molecule has 9 heteroatoms. The molecule has 1 amide bonds. The zero-order valence-corrected chi connectivity index (χ0v) is 20.5. The van der Waals surface area contributed by atoms with Crippen LogP contribution in [0.3, 0.4) is 0 Å². The number of carbonyl (C=O) groups is 1. The summed E-state index contributed by atoms with van der Waals surface area (Å²) in [5.41, 5.74) is 10.7. The first-order valence-corrected chi connectivity index (χ1v) is 11.8. The van der Waals surface area contributed by atoms with Gasteiger partial charge in [0.2, 0.25) is 5.91 Å². The lowest BCUT2D eigenvalue weighted by Crippen LogP contribution is -2.63. The van der Waals surface area contributed by atoms with Gasteiger partial charge in [-0.15, -0.1) is 0 Å². The van der Waals surface area contributed by atoms with Crippen LogP contribution in [0.25, 0.3) is 22.5 Å². The Morgan fingerprint density at radius 2 is 1.97 bits per heavy atom. The van der Waals surface area contributed by atoms with Gasteiger partial charge in [0, 0.05) is 70.9 Å². The van der Waals surface area contributed by atoms with Crippen molar-refractivity contribution < 1.29 is 4.79 Å². The number of benzene rings is 1. The molecular weight excluding hydrogens is 464 g/mol. The van der Waals surface area contributed by atoms with Crippen LogP contribution < -0.4 is 11.3 Å². The molecule has 35 heavy (non-hydrogen) atoms. The predicted molar refractivity (Wildman–Crippen MR) is 138 cm³/mol. The lowest BCUT2D eigenvalue weighted by atomic mass is 9.60. The Morgan fingerprint density at radius 1 is 1.26 bits per heavy atom. The Balaban J connectivity index is 1.62. The first-order chi connectivity index (χ1) is 16.7. The number of likely N-dealkylation sites (tertiary alicyclic amines) is 1. The number of carbonyl (C=O) groups excluding carboxylic acids is 1. The largest absolute Gasteiger partial charge is 0.398 e. The number of nitrogens with one attached hydrogen (secondary N) is 1. The second kappa shape index (κ2) is 8.23. The predicted octanol–water partition coefficient (Wildman–Crippen LogP) is 3.81. The van der Waals surface area contributed by atoms with E-state index in [2.05, 4.69) is 6.58 Å². The summed E-state index contributed by atoms with van der Waals surface area (Å²) in [5.74, 6) is -0.0283. The van der Waals surface area contributed by atoms with Gasteiger partial charge in [-0.3, -0.25) is 14.3 Å². The lowest BCUT2D eigenvalue weighted by Gasteiger charge is -2.58. The minimum absolute atomic E-state index is 0.0283. The van der Waals surface area contributed by atoms with E-state index in [1.165, 1.54) is 18.4 Å². The SMILES string of the molecule is C=CC(=O)N1CC2(CC(n3nc(-c4cccc(=O)n4C)c(-c4c(Cl)ccc(N)c4C=N)c3C)C2)C1. The summed E-state index contributed by atoms with van der Waals surface area (Å²) in [4.78, 5) is 26.2. The number of hydrogen-bond donors (Lipinski definition) is 2. The minimum atomic E-state index is -0.143. The van der Waals surface area contributed by atoms with Gasteiger partial charge < -0.3 is 20.6 Å². The van der Waals surface area contributed by atoms with E-state index in [1.54, 1.807) is 29.8 Å². The number of halogens is 1. The number of aromatic nitrogens is 3. The number of pyridine rings is 1. The van der Waals surface area contributed by atoms with Crippen molar-refractivity contribution in [1.29, 1.82) is 5.41 Å². The van der Waals surface area contributed by atoms with Crippen molar-refractivity contribution in [2.24, 2.45) is 12.5 Å². The van der Waals surface area contributed by atoms with Gasteiger partial charge in [-0.2, -0.15) is 5.10 Å². The molecule has 0 radical (unpaired) electrons. The quantitative estimate of drug-likeness (QED) is 0.322. The topological polar surface area (TPSA) is 110 Å². The lowest BCUT2D eigenvalue weighted by molar-refractivity contribution is -0.149. The van der Waals surface area contributed by atoms with E-state index in [9.17, 15) is 9.59 Å². The Labute approximate surface area is 208 Å². The van der Waals surface area contributed by atoms with Crippen molar-refractivity contribution in [3.8, 4) is 22.5 Å². The van der Waals surface area contributed by atoms with E-state index in [1.807, 2.05) is 22.6 Å². The van der Waals surface area contributed by atoms with Gasteiger partial charge in [0.25, 0.3) is 5.56 Å². The van der Waals surface area contributed by atoms with Crippen molar-refractivity contribution in [2.45, 2.75) is 25.8 Å². The summed E-state index contributed by atoms with van der Waals surface area (Å²) in [7, 11) is 1.71. The summed E-state index contributed by atoms with van der Waals surface area (Å²) in [6.45, 7) is 7.03. The van der Waals surface area contributed by atoms with Crippen LogP contribution in [0.2, 0.25) is 5.02 Å². The van der Waals surface area contributed by atoms with Crippen LogP contribution in [0, 0.1) is 17.7 Å². The highest BCUT2D eigenvalue weighted by molar-refractivity contribution is 6.34. The second-order valence-electron chi connectivity index (χ2n) is 9.59. The maximum absolute atomic E-state index is 12.4. The Kier molecular flexibility index (Phi) is 5.44. The van der Waals surface area contributed by atoms with Crippen LogP contribution in [-0.4, -0.2) is 44.5 Å². The van der Waals surface area contributed by atoms with Crippen LogP contribution in [0.5, 0.6) is 0 Å². The molecule has 1 aliphatic heterocycles. The average Bonchev–Trinajstić information content (AvgIpc) is 3.11. The van der Waals surface area contributed by atoms with Crippen molar-refractivity contribution in [1.82, 2.24) is 19.2 Å². The Morgan fingerprint density at radius 3 is 2.63 bits per heavy atom. The molecule has 1 saturated heterocycles. The number of amides is 1.